The van der Waals surface area contributed by atoms with Crippen LogP contribution in [0.15, 0.2) is 36.5 Å². The third-order valence-corrected chi connectivity index (χ3v) is 6.43. The normalized spacial score (nSPS) is 23.4. The topological polar surface area (TPSA) is 30.0 Å². The quantitative estimate of drug-likeness (QED) is 0.789. The van der Waals surface area contributed by atoms with Crippen molar-refractivity contribution < 1.29 is 4.79 Å². The van der Waals surface area contributed by atoms with Crippen molar-refractivity contribution in [3.05, 3.63) is 42.1 Å². The van der Waals surface area contributed by atoms with Gasteiger partial charge in [-0.25, -0.2) is 0 Å². The zero-order valence-corrected chi connectivity index (χ0v) is 12.3. The first-order valence-corrected chi connectivity index (χ1v) is 8.48. The van der Waals surface area contributed by atoms with Crippen molar-refractivity contribution in [3.63, 3.8) is 0 Å². The summed E-state index contributed by atoms with van der Waals surface area (Å²) in [5, 5.41) is 1.48. The zero-order valence-electron chi connectivity index (χ0n) is 10.7. The molecule has 0 radical (unpaired) electrons. The van der Waals surface area contributed by atoms with Crippen LogP contribution in [0.5, 0.6) is 0 Å². The lowest BCUT2D eigenvalue weighted by Gasteiger charge is -2.26. The molecule has 1 aliphatic heterocycles. The minimum Gasteiger partial charge on any atom is -0.293 e. The first-order valence-electron chi connectivity index (χ1n) is 6.38. The SMILES string of the molecule is CC1SCCSC1C(=O)c1cccc2cccnc12. The smallest absolute Gasteiger partial charge is 0.179 e. The number of hydrogen-bond acceptors (Lipinski definition) is 4. The molecule has 2 aromatic rings. The molecule has 1 fully saturated rings. The Labute approximate surface area is 121 Å². The number of pyridine rings is 1. The van der Waals surface area contributed by atoms with Crippen molar-refractivity contribution in [1.82, 2.24) is 4.98 Å². The average Bonchev–Trinajstić information content (AvgIpc) is 2.46. The van der Waals surface area contributed by atoms with Crippen molar-refractivity contribution in [3.8, 4) is 0 Å². The van der Waals surface area contributed by atoms with E-state index in [4.69, 9.17) is 0 Å². The van der Waals surface area contributed by atoms with Crippen LogP contribution in [-0.2, 0) is 0 Å². The van der Waals surface area contributed by atoms with Crippen LogP contribution >= 0.6 is 23.5 Å². The summed E-state index contributed by atoms with van der Waals surface area (Å²) < 4.78 is 0. The van der Waals surface area contributed by atoms with E-state index < -0.39 is 0 Å². The van der Waals surface area contributed by atoms with Crippen molar-refractivity contribution in [2.24, 2.45) is 0 Å². The van der Waals surface area contributed by atoms with E-state index in [1.165, 1.54) is 0 Å². The van der Waals surface area contributed by atoms with E-state index in [-0.39, 0.29) is 11.0 Å². The summed E-state index contributed by atoms with van der Waals surface area (Å²) in [5.74, 6) is 2.43. The number of fused-ring (bicyclic) bond motifs is 1. The number of thioether (sulfide) groups is 2. The molecule has 2 heterocycles. The van der Waals surface area contributed by atoms with E-state index in [0.29, 0.717) is 5.25 Å². The molecule has 2 unspecified atom stereocenters. The molecule has 2 atom stereocenters. The predicted octanol–water partition coefficient (Wildman–Crippen LogP) is 3.65. The van der Waals surface area contributed by atoms with E-state index in [1.807, 2.05) is 42.1 Å². The Morgan fingerprint density at radius 3 is 2.84 bits per heavy atom. The van der Waals surface area contributed by atoms with Crippen LogP contribution < -0.4 is 0 Å². The fraction of sp³-hybridized carbons (Fsp3) is 0.333. The monoisotopic (exact) mass is 289 g/mol. The largest absolute Gasteiger partial charge is 0.293 e. The molecule has 1 aromatic heterocycles. The number of nitrogens with zero attached hydrogens (tertiary/aromatic N) is 1. The van der Waals surface area contributed by atoms with Crippen LogP contribution in [0.3, 0.4) is 0 Å². The molecule has 4 heteroatoms. The Morgan fingerprint density at radius 2 is 2.00 bits per heavy atom. The van der Waals surface area contributed by atoms with E-state index in [1.54, 1.807) is 18.0 Å². The molecule has 3 rings (SSSR count). The molecule has 1 aliphatic rings. The number of carbonyl (C=O) groups is 1. The lowest BCUT2D eigenvalue weighted by atomic mass is 10.0. The minimum absolute atomic E-state index is 0.0614. The number of para-hydroxylation sites is 1. The molecule has 0 bridgehead atoms. The summed E-state index contributed by atoms with van der Waals surface area (Å²) in [7, 11) is 0. The number of Topliss-reactive ketones (excluding diaryl/α,β-unsaturated/α-hetero) is 1. The number of benzene rings is 1. The summed E-state index contributed by atoms with van der Waals surface area (Å²) in [6, 6.07) is 9.77. The van der Waals surface area contributed by atoms with Crippen LogP contribution in [0.25, 0.3) is 10.9 Å². The molecule has 0 N–H and O–H groups in total. The molecule has 1 saturated heterocycles. The van der Waals surface area contributed by atoms with Gasteiger partial charge in [0.25, 0.3) is 0 Å². The number of aromatic nitrogens is 1. The summed E-state index contributed by atoms with van der Waals surface area (Å²) in [6.07, 6.45) is 1.76. The number of rotatable bonds is 2. The number of hydrogen-bond donors (Lipinski definition) is 0. The average molecular weight is 289 g/mol. The fourth-order valence-electron chi connectivity index (χ4n) is 2.38. The lowest BCUT2D eigenvalue weighted by molar-refractivity contribution is 0.0991. The Kier molecular flexibility index (Phi) is 3.80. The molecule has 19 heavy (non-hydrogen) atoms. The van der Waals surface area contributed by atoms with Crippen molar-refractivity contribution in [2.45, 2.75) is 17.4 Å². The Hall–Kier alpha value is -1.00. The second-order valence-electron chi connectivity index (χ2n) is 4.61. The molecular weight excluding hydrogens is 274 g/mol. The first-order chi connectivity index (χ1) is 9.27. The van der Waals surface area contributed by atoms with Gasteiger partial charge >= 0.3 is 0 Å². The molecular formula is C15H15NOS2. The van der Waals surface area contributed by atoms with Crippen molar-refractivity contribution in [2.75, 3.05) is 11.5 Å². The summed E-state index contributed by atoms with van der Waals surface area (Å²) >= 11 is 3.68. The highest BCUT2D eigenvalue weighted by molar-refractivity contribution is 8.07. The summed E-state index contributed by atoms with van der Waals surface area (Å²) in [5.41, 5.74) is 1.60. The zero-order chi connectivity index (χ0) is 13.2. The van der Waals surface area contributed by atoms with Gasteiger partial charge in [-0.3, -0.25) is 9.78 Å². The van der Waals surface area contributed by atoms with Crippen LogP contribution in [0.4, 0.5) is 0 Å². The molecule has 0 spiro atoms. The van der Waals surface area contributed by atoms with E-state index in [9.17, 15) is 4.79 Å². The van der Waals surface area contributed by atoms with Crippen LogP contribution in [0.1, 0.15) is 17.3 Å². The van der Waals surface area contributed by atoms with Gasteiger partial charge in [0.05, 0.1) is 10.8 Å². The second-order valence-corrected chi connectivity index (χ2v) is 7.35. The van der Waals surface area contributed by atoms with Crippen molar-refractivity contribution >= 4 is 40.2 Å². The molecule has 0 saturated carbocycles. The van der Waals surface area contributed by atoms with E-state index in [2.05, 4.69) is 11.9 Å². The first kappa shape index (κ1) is 13.0. The Morgan fingerprint density at radius 1 is 1.21 bits per heavy atom. The minimum atomic E-state index is 0.0614. The van der Waals surface area contributed by atoms with Crippen LogP contribution in [0, 0.1) is 0 Å². The number of ketones is 1. The van der Waals surface area contributed by atoms with Gasteiger partial charge in [0.1, 0.15) is 0 Å². The molecule has 1 aromatic carbocycles. The summed E-state index contributed by atoms with van der Waals surface area (Å²) in [6.45, 7) is 2.15. The van der Waals surface area contributed by atoms with E-state index >= 15 is 0 Å². The molecule has 0 aliphatic carbocycles. The van der Waals surface area contributed by atoms with Gasteiger partial charge in [-0.1, -0.05) is 25.1 Å². The third-order valence-electron chi connectivity index (χ3n) is 3.34. The maximum Gasteiger partial charge on any atom is 0.179 e. The number of carbonyl (C=O) groups excluding carboxylic acids is 1. The maximum atomic E-state index is 12.7. The molecule has 0 amide bonds. The predicted molar refractivity (Wildman–Crippen MR) is 84.2 cm³/mol. The van der Waals surface area contributed by atoms with Gasteiger partial charge in [0.15, 0.2) is 5.78 Å². The van der Waals surface area contributed by atoms with Crippen LogP contribution in [-0.4, -0.2) is 32.8 Å². The Balaban J connectivity index is 2.01. The van der Waals surface area contributed by atoms with Gasteiger partial charge < -0.3 is 0 Å². The summed E-state index contributed by atoms with van der Waals surface area (Å²) in [4.78, 5) is 17.1. The lowest BCUT2D eigenvalue weighted by Crippen LogP contribution is -2.31. The fourth-order valence-corrected chi connectivity index (χ4v) is 5.09. The van der Waals surface area contributed by atoms with Crippen LogP contribution in [0.2, 0.25) is 0 Å². The van der Waals surface area contributed by atoms with E-state index in [0.717, 1.165) is 28.0 Å². The third kappa shape index (κ3) is 2.51. The van der Waals surface area contributed by atoms with Gasteiger partial charge in [-0.2, -0.15) is 11.8 Å². The van der Waals surface area contributed by atoms with Crippen molar-refractivity contribution in [1.29, 1.82) is 0 Å². The molecule has 98 valence electrons. The standard InChI is InChI=1S/C15H15NOS2/c1-10-15(19-9-8-18-10)14(17)12-6-2-4-11-5-3-7-16-13(11)12/h2-7,10,15H,8-9H2,1H3. The van der Waals surface area contributed by atoms with Gasteiger partial charge in [-0.05, 0) is 12.1 Å². The molecule has 2 nitrogen and oxygen atoms in total. The Bertz CT molecular complexity index is 609. The second kappa shape index (κ2) is 5.55. The van der Waals surface area contributed by atoms with Gasteiger partial charge in [0, 0.05) is 33.9 Å². The highest BCUT2D eigenvalue weighted by atomic mass is 32.2. The van der Waals surface area contributed by atoms with Gasteiger partial charge in [-0.15, -0.1) is 11.8 Å². The highest BCUT2D eigenvalue weighted by Crippen LogP contribution is 2.34. The highest BCUT2D eigenvalue weighted by Gasteiger charge is 2.30. The van der Waals surface area contributed by atoms with Gasteiger partial charge in [0.2, 0.25) is 0 Å². The maximum absolute atomic E-state index is 12.7.